The summed E-state index contributed by atoms with van der Waals surface area (Å²) >= 11 is 6.24. The van der Waals surface area contributed by atoms with Crippen LogP contribution in [0.3, 0.4) is 0 Å². The standard InChI is InChI=1S/C30H42ClN7O7/c1-2-40-12-13-41-10-8-34-30(39)35-9-11-42-14-15-43-16-17-44-18-19-45-24-5-3-4-22(20-24)27-25-21-23(31)6-7-26(25)36-29(37-27)38-28(32)33/h3-7,20-21H,2,8-19H2,1H3,(H2,34,35,39)(H4,32,33,36,37,38). The smallest absolute Gasteiger partial charge is 0.314 e. The van der Waals surface area contributed by atoms with Gasteiger partial charge in [-0.25, -0.2) is 14.8 Å². The minimum Gasteiger partial charge on any atom is -0.491 e. The van der Waals surface area contributed by atoms with E-state index in [-0.39, 0.29) is 17.9 Å². The molecule has 1 aromatic heterocycles. The van der Waals surface area contributed by atoms with E-state index < -0.39 is 0 Å². The van der Waals surface area contributed by atoms with E-state index in [1.807, 2.05) is 31.2 Å². The van der Waals surface area contributed by atoms with Gasteiger partial charge in [0.25, 0.3) is 0 Å². The number of carbonyl (C=O) groups is 1. The largest absolute Gasteiger partial charge is 0.491 e. The van der Waals surface area contributed by atoms with Crippen LogP contribution in [0, 0.1) is 5.41 Å². The average Bonchev–Trinajstić information content (AvgIpc) is 3.02. The number of hydrogen-bond acceptors (Lipinski definition) is 10. The molecule has 0 saturated heterocycles. The van der Waals surface area contributed by atoms with Gasteiger partial charge >= 0.3 is 6.03 Å². The van der Waals surface area contributed by atoms with Crippen LogP contribution >= 0.6 is 11.6 Å². The van der Waals surface area contributed by atoms with Gasteiger partial charge in [-0.1, -0.05) is 23.7 Å². The lowest BCUT2D eigenvalue weighted by Gasteiger charge is -2.12. The first-order valence-corrected chi connectivity index (χ1v) is 15.1. The molecule has 0 aliphatic rings. The van der Waals surface area contributed by atoms with E-state index in [0.717, 1.165) is 10.9 Å². The van der Waals surface area contributed by atoms with Crippen LogP contribution in [-0.4, -0.2) is 108 Å². The molecule has 0 saturated carbocycles. The highest BCUT2D eigenvalue weighted by molar-refractivity contribution is 6.31. The molecule has 3 aromatic rings. The molecule has 0 unspecified atom stereocenters. The van der Waals surface area contributed by atoms with Crippen molar-refractivity contribution in [3.63, 3.8) is 0 Å². The summed E-state index contributed by atoms with van der Waals surface area (Å²) in [4.78, 5) is 20.7. The zero-order chi connectivity index (χ0) is 32.1. The van der Waals surface area contributed by atoms with Gasteiger partial charge in [-0.15, -0.1) is 0 Å². The van der Waals surface area contributed by atoms with Crippen molar-refractivity contribution < 1.29 is 33.2 Å². The zero-order valence-electron chi connectivity index (χ0n) is 25.4. The van der Waals surface area contributed by atoms with Crippen LogP contribution in [0.2, 0.25) is 5.02 Å². The van der Waals surface area contributed by atoms with Gasteiger partial charge in [-0.05, 0) is 37.3 Å². The van der Waals surface area contributed by atoms with Gasteiger partial charge in [-0.3, -0.25) is 10.7 Å². The quantitative estimate of drug-likeness (QED) is 0.0613. The summed E-state index contributed by atoms with van der Waals surface area (Å²) in [6.45, 7) is 7.69. The fourth-order valence-electron chi connectivity index (χ4n) is 3.89. The van der Waals surface area contributed by atoms with Gasteiger partial charge < -0.3 is 44.8 Å². The minimum atomic E-state index is -0.265. The van der Waals surface area contributed by atoms with Gasteiger partial charge in [0.2, 0.25) is 5.95 Å². The number of amides is 2. The molecular weight excluding hydrogens is 606 g/mol. The zero-order valence-corrected chi connectivity index (χ0v) is 26.2. The van der Waals surface area contributed by atoms with Gasteiger partial charge in [0.1, 0.15) is 12.4 Å². The maximum atomic E-state index is 11.7. The van der Waals surface area contributed by atoms with Crippen LogP contribution < -0.4 is 26.4 Å². The van der Waals surface area contributed by atoms with Crippen LogP contribution in [0.5, 0.6) is 5.75 Å². The summed E-state index contributed by atoms with van der Waals surface area (Å²) < 4.78 is 32.9. The Morgan fingerprint density at radius 3 is 2.09 bits per heavy atom. The molecule has 45 heavy (non-hydrogen) atoms. The molecule has 0 fully saturated rings. The number of benzene rings is 2. The van der Waals surface area contributed by atoms with Crippen LogP contribution in [0.1, 0.15) is 6.92 Å². The van der Waals surface area contributed by atoms with Gasteiger partial charge in [0.05, 0.1) is 70.7 Å². The molecule has 0 spiro atoms. The Morgan fingerprint density at radius 2 is 1.44 bits per heavy atom. The third kappa shape index (κ3) is 14.2. The Balaban J connectivity index is 1.24. The fourth-order valence-corrected chi connectivity index (χ4v) is 4.06. The monoisotopic (exact) mass is 647 g/mol. The van der Waals surface area contributed by atoms with Crippen LogP contribution in [0.4, 0.5) is 10.7 Å². The molecule has 3 rings (SSSR count). The third-order valence-corrected chi connectivity index (χ3v) is 6.13. The normalized spacial score (nSPS) is 11.0. The summed E-state index contributed by atoms with van der Waals surface area (Å²) in [6, 6.07) is 12.5. The summed E-state index contributed by atoms with van der Waals surface area (Å²) in [5, 5.41) is 16.9. The number of carbonyl (C=O) groups excluding carboxylic acids is 1. The number of urea groups is 1. The molecule has 2 amide bonds. The van der Waals surface area contributed by atoms with Crippen molar-refractivity contribution in [2.45, 2.75) is 6.92 Å². The highest BCUT2D eigenvalue weighted by Crippen LogP contribution is 2.31. The molecule has 15 heteroatoms. The highest BCUT2D eigenvalue weighted by Gasteiger charge is 2.12. The van der Waals surface area contributed by atoms with Crippen molar-refractivity contribution in [3.05, 3.63) is 47.5 Å². The Labute approximate surface area is 267 Å². The predicted molar refractivity (Wildman–Crippen MR) is 172 cm³/mol. The van der Waals surface area contributed by atoms with E-state index in [2.05, 4.69) is 25.9 Å². The topological polar surface area (TPSA) is 184 Å². The molecule has 2 aromatic carbocycles. The summed E-state index contributed by atoms with van der Waals surface area (Å²) in [5.74, 6) is 0.599. The number of aromatic nitrogens is 2. The molecule has 6 N–H and O–H groups in total. The third-order valence-electron chi connectivity index (χ3n) is 5.89. The summed E-state index contributed by atoms with van der Waals surface area (Å²) in [6.07, 6.45) is 0. The second-order valence-electron chi connectivity index (χ2n) is 9.30. The number of nitrogens with one attached hydrogen (secondary N) is 4. The maximum Gasteiger partial charge on any atom is 0.314 e. The summed E-state index contributed by atoms with van der Waals surface area (Å²) in [5.41, 5.74) is 7.56. The van der Waals surface area contributed by atoms with Gasteiger partial charge in [-0.2, -0.15) is 0 Å². The first-order chi connectivity index (χ1) is 22.0. The van der Waals surface area contributed by atoms with Crippen LogP contribution in [0.25, 0.3) is 22.2 Å². The lowest BCUT2D eigenvalue weighted by molar-refractivity contribution is 0.0101. The van der Waals surface area contributed by atoms with E-state index in [0.29, 0.717) is 108 Å². The number of nitrogens with two attached hydrogens (primary N) is 1. The van der Waals surface area contributed by atoms with Crippen molar-refractivity contribution in [1.29, 1.82) is 5.41 Å². The average molecular weight is 648 g/mol. The second-order valence-corrected chi connectivity index (χ2v) is 9.74. The number of fused-ring (bicyclic) bond motifs is 1. The minimum absolute atomic E-state index is 0.213. The Kier molecular flexibility index (Phi) is 16.7. The summed E-state index contributed by atoms with van der Waals surface area (Å²) in [7, 11) is 0. The van der Waals surface area contributed by atoms with E-state index in [9.17, 15) is 4.79 Å². The first kappa shape index (κ1) is 35.7. The Hall–Kier alpha value is -3.79. The Morgan fingerprint density at radius 1 is 0.822 bits per heavy atom. The van der Waals surface area contributed by atoms with E-state index >= 15 is 0 Å². The molecule has 0 aliphatic carbocycles. The molecule has 0 radical (unpaired) electrons. The first-order valence-electron chi connectivity index (χ1n) is 14.7. The number of halogens is 1. The van der Waals surface area contributed by atoms with Crippen LogP contribution in [-0.2, 0) is 23.7 Å². The predicted octanol–water partition coefficient (Wildman–Crippen LogP) is 3.04. The number of ether oxygens (including phenoxy) is 6. The van der Waals surface area contributed by atoms with Crippen molar-refractivity contribution in [2.24, 2.45) is 5.73 Å². The van der Waals surface area contributed by atoms with Crippen molar-refractivity contribution in [3.8, 4) is 17.0 Å². The lowest BCUT2D eigenvalue weighted by atomic mass is 10.1. The van der Waals surface area contributed by atoms with E-state index in [1.54, 1.807) is 18.2 Å². The molecule has 0 bridgehead atoms. The van der Waals surface area contributed by atoms with Crippen molar-refractivity contribution in [2.75, 3.05) is 91.1 Å². The molecule has 0 atom stereocenters. The molecule has 246 valence electrons. The number of guanidine groups is 1. The Bertz CT molecular complexity index is 1340. The maximum absolute atomic E-state index is 11.7. The molecule has 1 heterocycles. The number of rotatable bonds is 22. The fraction of sp³-hybridized carbons (Fsp3) is 0.467. The number of hydrogen-bond donors (Lipinski definition) is 5. The highest BCUT2D eigenvalue weighted by atomic mass is 35.5. The van der Waals surface area contributed by atoms with Crippen molar-refractivity contribution >= 4 is 40.4 Å². The number of nitrogens with zero attached hydrogens (tertiary/aromatic N) is 2. The second kappa shape index (κ2) is 21.0. The van der Waals surface area contributed by atoms with Crippen molar-refractivity contribution in [1.82, 2.24) is 20.6 Å². The van der Waals surface area contributed by atoms with Gasteiger partial charge in [0.15, 0.2) is 5.96 Å². The van der Waals surface area contributed by atoms with E-state index in [4.69, 9.17) is 51.2 Å². The van der Waals surface area contributed by atoms with Gasteiger partial charge in [0, 0.05) is 35.7 Å². The lowest BCUT2D eigenvalue weighted by Crippen LogP contribution is -2.39. The SMILES string of the molecule is CCOCCOCCNC(=O)NCCOCCOCCOCCOc1cccc(-c2nc(NC(=N)N)nc3ccc(Cl)cc23)c1. The molecule has 14 nitrogen and oxygen atoms in total. The molecular formula is C30H42ClN7O7. The van der Waals surface area contributed by atoms with E-state index in [1.165, 1.54) is 0 Å². The number of anilines is 1. The van der Waals surface area contributed by atoms with Crippen LogP contribution in [0.15, 0.2) is 42.5 Å². The molecule has 0 aliphatic heterocycles.